The number of non-ortho nitro benzene ring substituents is 1. The van der Waals surface area contributed by atoms with Gasteiger partial charge in [-0.3, -0.25) is 19.2 Å². The van der Waals surface area contributed by atoms with Gasteiger partial charge in [-0.1, -0.05) is 41.5 Å². The molecule has 0 bridgehead atoms. The fraction of sp³-hybridized carbons (Fsp3) is 0.208. The molecule has 0 aliphatic carbocycles. The number of hydrogen-bond acceptors (Lipinski definition) is 5. The number of anilines is 2. The predicted octanol–water partition coefficient (Wildman–Crippen LogP) is 4.66. The minimum absolute atomic E-state index is 0.0624. The van der Waals surface area contributed by atoms with Crippen molar-refractivity contribution in [1.29, 1.82) is 0 Å². The third-order valence-corrected chi connectivity index (χ3v) is 7.00. The van der Waals surface area contributed by atoms with Crippen molar-refractivity contribution in [1.82, 2.24) is 0 Å². The molecule has 1 amide bonds. The van der Waals surface area contributed by atoms with Crippen molar-refractivity contribution in [3.63, 3.8) is 0 Å². The highest BCUT2D eigenvalue weighted by molar-refractivity contribution is 7.92. The first-order valence-corrected chi connectivity index (χ1v) is 11.6. The molecule has 8 nitrogen and oxygen atoms in total. The number of nitrogens with zero attached hydrogens (tertiary/aromatic N) is 2. The lowest BCUT2D eigenvalue weighted by atomic mass is 10.1. The van der Waals surface area contributed by atoms with Crippen molar-refractivity contribution in [3.05, 3.63) is 93.0 Å². The molecule has 0 aliphatic heterocycles. The highest BCUT2D eigenvalue weighted by Crippen LogP contribution is 2.28. The second-order valence-corrected chi connectivity index (χ2v) is 9.78. The van der Waals surface area contributed by atoms with Crippen LogP contribution in [0.25, 0.3) is 0 Å². The van der Waals surface area contributed by atoms with Gasteiger partial charge in [0.25, 0.3) is 15.7 Å². The van der Waals surface area contributed by atoms with Gasteiger partial charge in [0.1, 0.15) is 6.54 Å². The van der Waals surface area contributed by atoms with Gasteiger partial charge in [0.05, 0.1) is 21.2 Å². The number of amides is 1. The Hall–Kier alpha value is -3.72. The van der Waals surface area contributed by atoms with E-state index >= 15 is 0 Å². The summed E-state index contributed by atoms with van der Waals surface area (Å²) in [7, 11) is -4.06. The SMILES string of the molecule is Cc1ccc(S(=O)(=O)N(CC(=O)Nc2cc([N+](=O)[O-])ccc2C)c2ccc(C)cc2C)cc1. The van der Waals surface area contributed by atoms with Gasteiger partial charge in [-0.2, -0.15) is 0 Å². The van der Waals surface area contributed by atoms with Crippen LogP contribution in [0.5, 0.6) is 0 Å². The van der Waals surface area contributed by atoms with Crippen molar-refractivity contribution < 1.29 is 18.1 Å². The standard InChI is InChI=1S/C24H25N3O5S/c1-16-5-10-21(11-6-16)33(31,32)26(23-12-7-17(2)13-19(23)4)15-24(28)25-22-14-20(27(29)30)9-8-18(22)3/h5-14H,15H2,1-4H3,(H,25,28). The summed E-state index contributed by atoms with van der Waals surface area (Å²) in [5.41, 5.74) is 3.65. The van der Waals surface area contributed by atoms with Crippen LogP contribution in [0.3, 0.4) is 0 Å². The Balaban J connectivity index is 2.00. The third-order valence-electron chi connectivity index (χ3n) is 5.22. The molecule has 0 aliphatic rings. The lowest BCUT2D eigenvalue weighted by molar-refractivity contribution is -0.384. The number of nitrogens with one attached hydrogen (secondary N) is 1. The molecule has 3 rings (SSSR count). The minimum atomic E-state index is -4.06. The summed E-state index contributed by atoms with van der Waals surface area (Å²) in [5, 5.41) is 13.7. The van der Waals surface area contributed by atoms with Gasteiger partial charge >= 0.3 is 0 Å². The largest absolute Gasteiger partial charge is 0.324 e. The zero-order chi connectivity index (χ0) is 24.3. The first-order chi connectivity index (χ1) is 15.5. The summed E-state index contributed by atoms with van der Waals surface area (Å²) in [5.74, 6) is -0.616. The second-order valence-electron chi connectivity index (χ2n) is 7.92. The van der Waals surface area contributed by atoms with Crippen molar-refractivity contribution in [2.24, 2.45) is 0 Å². The molecular formula is C24H25N3O5S. The summed E-state index contributed by atoms with van der Waals surface area (Å²) >= 11 is 0. The van der Waals surface area contributed by atoms with Crippen LogP contribution in [0, 0.1) is 37.8 Å². The maximum Gasteiger partial charge on any atom is 0.271 e. The highest BCUT2D eigenvalue weighted by atomic mass is 32.2. The maximum absolute atomic E-state index is 13.5. The fourth-order valence-electron chi connectivity index (χ4n) is 3.40. The molecule has 0 aromatic heterocycles. The average molecular weight is 468 g/mol. The average Bonchev–Trinajstić information content (AvgIpc) is 2.74. The second kappa shape index (κ2) is 9.41. The van der Waals surface area contributed by atoms with E-state index in [1.165, 1.54) is 30.3 Å². The summed E-state index contributed by atoms with van der Waals surface area (Å²) in [4.78, 5) is 23.6. The van der Waals surface area contributed by atoms with E-state index in [-0.39, 0.29) is 16.3 Å². The van der Waals surface area contributed by atoms with Gasteiger partial charge in [-0.05, 0) is 57.0 Å². The number of aryl methyl sites for hydroxylation is 4. The van der Waals surface area contributed by atoms with E-state index in [4.69, 9.17) is 0 Å². The molecule has 0 atom stereocenters. The Kier molecular flexibility index (Phi) is 6.83. The molecule has 3 aromatic rings. The highest BCUT2D eigenvalue weighted by Gasteiger charge is 2.28. The first-order valence-electron chi connectivity index (χ1n) is 10.2. The van der Waals surface area contributed by atoms with E-state index in [0.29, 0.717) is 16.8 Å². The Morgan fingerprint density at radius 2 is 1.55 bits per heavy atom. The van der Waals surface area contributed by atoms with Crippen LogP contribution in [0.2, 0.25) is 0 Å². The molecule has 0 radical (unpaired) electrons. The van der Waals surface area contributed by atoms with Gasteiger partial charge in [0, 0.05) is 12.1 Å². The smallest absolute Gasteiger partial charge is 0.271 e. The number of benzene rings is 3. The molecule has 172 valence electrons. The maximum atomic E-state index is 13.5. The summed E-state index contributed by atoms with van der Waals surface area (Å²) in [6.45, 7) is 6.73. The molecule has 0 fully saturated rings. The number of sulfonamides is 1. The van der Waals surface area contributed by atoms with Crippen LogP contribution in [0.1, 0.15) is 22.3 Å². The lowest BCUT2D eigenvalue weighted by Crippen LogP contribution is -2.38. The van der Waals surface area contributed by atoms with Gasteiger partial charge in [-0.15, -0.1) is 0 Å². The van der Waals surface area contributed by atoms with Crippen LogP contribution in [-0.2, 0) is 14.8 Å². The minimum Gasteiger partial charge on any atom is -0.324 e. The summed E-state index contributed by atoms with van der Waals surface area (Å²) in [6.07, 6.45) is 0. The van der Waals surface area contributed by atoms with Crippen LogP contribution in [-0.4, -0.2) is 25.8 Å². The van der Waals surface area contributed by atoms with Gasteiger partial charge in [0.15, 0.2) is 0 Å². The Morgan fingerprint density at radius 3 is 2.15 bits per heavy atom. The molecule has 0 heterocycles. The predicted molar refractivity (Wildman–Crippen MR) is 128 cm³/mol. The zero-order valence-corrected chi connectivity index (χ0v) is 19.6. The van der Waals surface area contributed by atoms with E-state index in [0.717, 1.165) is 15.4 Å². The quantitative estimate of drug-likeness (QED) is 0.401. The molecule has 1 N–H and O–H groups in total. The van der Waals surface area contributed by atoms with Crippen molar-refractivity contribution >= 4 is 33.0 Å². The number of carbonyl (C=O) groups excluding carboxylic acids is 1. The van der Waals surface area contributed by atoms with Crippen molar-refractivity contribution in [2.75, 3.05) is 16.2 Å². The Bertz CT molecular complexity index is 1320. The number of nitro benzene ring substituents is 1. The molecule has 0 unspecified atom stereocenters. The molecule has 33 heavy (non-hydrogen) atoms. The van der Waals surface area contributed by atoms with Crippen LogP contribution < -0.4 is 9.62 Å². The summed E-state index contributed by atoms with van der Waals surface area (Å²) < 4.78 is 28.1. The monoisotopic (exact) mass is 467 g/mol. The van der Waals surface area contributed by atoms with E-state index in [1.54, 1.807) is 38.1 Å². The molecule has 0 saturated heterocycles. The van der Waals surface area contributed by atoms with Gasteiger partial charge in [-0.25, -0.2) is 8.42 Å². The zero-order valence-electron chi connectivity index (χ0n) is 18.8. The normalized spacial score (nSPS) is 11.2. The third kappa shape index (κ3) is 5.38. The van der Waals surface area contributed by atoms with Gasteiger partial charge in [0.2, 0.25) is 5.91 Å². The van der Waals surface area contributed by atoms with Crippen molar-refractivity contribution in [3.8, 4) is 0 Å². The topological polar surface area (TPSA) is 110 Å². The van der Waals surface area contributed by atoms with Crippen LogP contribution in [0.15, 0.2) is 65.6 Å². The number of hydrogen-bond donors (Lipinski definition) is 1. The molecule has 3 aromatic carbocycles. The lowest BCUT2D eigenvalue weighted by Gasteiger charge is -2.26. The van der Waals surface area contributed by atoms with Crippen LogP contribution >= 0.6 is 0 Å². The Morgan fingerprint density at radius 1 is 0.909 bits per heavy atom. The van der Waals surface area contributed by atoms with Crippen LogP contribution in [0.4, 0.5) is 17.1 Å². The fourth-order valence-corrected chi connectivity index (χ4v) is 4.89. The van der Waals surface area contributed by atoms with E-state index < -0.39 is 27.4 Å². The van der Waals surface area contributed by atoms with Gasteiger partial charge < -0.3 is 5.32 Å². The van der Waals surface area contributed by atoms with Crippen molar-refractivity contribution in [2.45, 2.75) is 32.6 Å². The number of carbonyl (C=O) groups is 1. The van der Waals surface area contributed by atoms with E-state index in [2.05, 4.69) is 5.32 Å². The van der Waals surface area contributed by atoms with E-state index in [1.807, 2.05) is 19.9 Å². The molecule has 0 saturated carbocycles. The number of nitro groups is 1. The Labute approximate surface area is 193 Å². The van der Waals surface area contributed by atoms with E-state index in [9.17, 15) is 23.3 Å². The number of rotatable bonds is 7. The first kappa shape index (κ1) is 23.9. The molecule has 0 spiro atoms. The summed E-state index contributed by atoms with van der Waals surface area (Å²) in [6, 6.07) is 15.8. The molecule has 9 heteroatoms. The molecular weight excluding hydrogens is 442 g/mol.